The number of hydrogen-bond donors (Lipinski definition) is 1. The van der Waals surface area contributed by atoms with Gasteiger partial charge in [0.05, 0.1) is 0 Å². The molecule has 0 aliphatic carbocycles. The molecule has 0 heterocycles. The van der Waals surface area contributed by atoms with Gasteiger partial charge < -0.3 is 5.11 Å². The molecule has 1 nitrogen and oxygen atoms in total. The van der Waals surface area contributed by atoms with Gasteiger partial charge in [-0.1, -0.05) is 13.8 Å². The van der Waals surface area contributed by atoms with Gasteiger partial charge in [-0.2, -0.15) is 0 Å². The molecule has 0 rings (SSSR count). The first-order chi connectivity index (χ1) is 4.77. The van der Waals surface area contributed by atoms with E-state index in [1.165, 1.54) is 0 Å². The van der Waals surface area contributed by atoms with Crippen LogP contribution in [0, 0.1) is 17.8 Å². The van der Waals surface area contributed by atoms with Crippen LogP contribution in [0.15, 0.2) is 0 Å². The number of aliphatic hydroxyl groups is 1. The number of hydrogen-bond acceptors (Lipinski definition) is 1. The van der Waals surface area contributed by atoms with Gasteiger partial charge in [-0.05, 0) is 12.8 Å². The van der Waals surface area contributed by atoms with Crippen LogP contribution in [0.2, 0.25) is 0 Å². The van der Waals surface area contributed by atoms with E-state index < -0.39 is 0 Å². The van der Waals surface area contributed by atoms with E-state index in [-0.39, 0.29) is 0 Å². The van der Waals surface area contributed by atoms with Crippen molar-refractivity contribution in [2.45, 2.75) is 33.1 Å². The normalized spacial score (nSPS) is 9.20. The second-order valence-electron chi connectivity index (χ2n) is 2.66. The first kappa shape index (κ1) is 9.52. The molecule has 10 heavy (non-hydrogen) atoms. The summed E-state index contributed by atoms with van der Waals surface area (Å²) < 4.78 is 0. The molecule has 0 aromatic heterocycles. The van der Waals surface area contributed by atoms with Crippen LogP contribution >= 0.6 is 0 Å². The third kappa shape index (κ3) is 7.52. The van der Waals surface area contributed by atoms with Gasteiger partial charge in [0, 0.05) is 18.9 Å². The summed E-state index contributed by atoms with van der Waals surface area (Å²) in [5, 5.41) is 8.43. The number of unbranched alkanes of at least 4 members (excludes halogenated alkanes) is 2. The van der Waals surface area contributed by atoms with Crippen molar-refractivity contribution >= 4 is 0 Å². The summed E-state index contributed by atoms with van der Waals surface area (Å²) in [7, 11) is 0. The minimum absolute atomic E-state index is 0.295. The first-order valence-corrected chi connectivity index (χ1v) is 3.86. The van der Waals surface area contributed by atoms with Gasteiger partial charge in [0.1, 0.15) is 0 Å². The number of aliphatic hydroxyl groups excluding tert-OH is 1. The highest BCUT2D eigenvalue weighted by atomic mass is 16.2. The van der Waals surface area contributed by atoms with Gasteiger partial charge in [-0.3, -0.25) is 0 Å². The molecule has 0 atom stereocenters. The molecule has 0 unspecified atom stereocenters. The predicted octanol–water partition coefficient (Wildman–Crippen LogP) is 1.81. The highest BCUT2D eigenvalue weighted by Crippen LogP contribution is 1.93. The highest BCUT2D eigenvalue weighted by Gasteiger charge is 1.83. The van der Waals surface area contributed by atoms with Crippen molar-refractivity contribution in [2.75, 3.05) is 6.61 Å². The average Bonchev–Trinajstić information content (AvgIpc) is 1.87. The fourth-order valence-electron chi connectivity index (χ4n) is 0.601. The molecule has 1 heteroatoms. The van der Waals surface area contributed by atoms with E-state index >= 15 is 0 Å². The van der Waals surface area contributed by atoms with Crippen LogP contribution in [0.25, 0.3) is 0 Å². The van der Waals surface area contributed by atoms with Gasteiger partial charge in [0.2, 0.25) is 0 Å². The van der Waals surface area contributed by atoms with E-state index in [0.29, 0.717) is 12.5 Å². The summed E-state index contributed by atoms with van der Waals surface area (Å²) in [6.45, 7) is 4.46. The standard InChI is InChI=1S/C9H16O/c1-9(2)7-5-3-4-6-8-10/h9-10H,3-4,6,8H2,1-2H3. The van der Waals surface area contributed by atoms with Crippen LogP contribution in [0.4, 0.5) is 0 Å². The van der Waals surface area contributed by atoms with Crippen LogP contribution in [0.5, 0.6) is 0 Å². The van der Waals surface area contributed by atoms with E-state index in [1.54, 1.807) is 0 Å². The Morgan fingerprint density at radius 2 is 2.00 bits per heavy atom. The third-order valence-electron chi connectivity index (χ3n) is 1.10. The average molecular weight is 140 g/mol. The largest absolute Gasteiger partial charge is 0.396 e. The Morgan fingerprint density at radius 1 is 1.30 bits per heavy atom. The predicted molar refractivity (Wildman–Crippen MR) is 43.6 cm³/mol. The van der Waals surface area contributed by atoms with E-state index in [4.69, 9.17) is 5.11 Å². The third-order valence-corrected chi connectivity index (χ3v) is 1.10. The molecular weight excluding hydrogens is 124 g/mol. The maximum absolute atomic E-state index is 8.43. The van der Waals surface area contributed by atoms with Crippen LogP contribution < -0.4 is 0 Å². The topological polar surface area (TPSA) is 20.2 Å². The second kappa shape index (κ2) is 6.64. The fourth-order valence-corrected chi connectivity index (χ4v) is 0.601. The Morgan fingerprint density at radius 3 is 2.50 bits per heavy atom. The Labute approximate surface area is 63.5 Å². The highest BCUT2D eigenvalue weighted by molar-refractivity contribution is 5.00. The lowest BCUT2D eigenvalue weighted by atomic mass is 10.2. The van der Waals surface area contributed by atoms with Crippen molar-refractivity contribution in [1.29, 1.82) is 0 Å². The monoisotopic (exact) mass is 140 g/mol. The Hall–Kier alpha value is -0.480. The van der Waals surface area contributed by atoms with Crippen molar-refractivity contribution in [2.24, 2.45) is 5.92 Å². The molecule has 0 aromatic carbocycles. The van der Waals surface area contributed by atoms with E-state index in [0.717, 1.165) is 19.3 Å². The van der Waals surface area contributed by atoms with Gasteiger partial charge in [-0.15, -0.1) is 11.8 Å². The minimum Gasteiger partial charge on any atom is -0.396 e. The van der Waals surface area contributed by atoms with Crippen molar-refractivity contribution < 1.29 is 5.11 Å². The van der Waals surface area contributed by atoms with Crippen LogP contribution in [0.1, 0.15) is 33.1 Å². The minimum atomic E-state index is 0.295. The smallest absolute Gasteiger partial charge is 0.0431 e. The maximum atomic E-state index is 8.43. The summed E-state index contributed by atoms with van der Waals surface area (Å²) in [6, 6.07) is 0. The molecular formula is C9H16O. The van der Waals surface area contributed by atoms with Gasteiger partial charge in [-0.25, -0.2) is 0 Å². The summed E-state index contributed by atoms with van der Waals surface area (Å²) in [4.78, 5) is 0. The zero-order valence-electron chi connectivity index (χ0n) is 6.85. The molecule has 0 saturated carbocycles. The van der Waals surface area contributed by atoms with Gasteiger partial charge >= 0.3 is 0 Å². The van der Waals surface area contributed by atoms with Crippen LogP contribution in [0.3, 0.4) is 0 Å². The van der Waals surface area contributed by atoms with E-state index in [9.17, 15) is 0 Å². The Balaban J connectivity index is 3.12. The summed E-state index contributed by atoms with van der Waals surface area (Å²) >= 11 is 0. The van der Waals surface area contributed by atoms with Crippen molar-refractivity contribution in [1.82, 2.24) is 0 Å². The molecule has 58 valence electrons. The Kier molecular flexibility index (Phi) is 6.32. The molecule has 0 aliphatic rings. The molecule has 0 aromatic rings. The van der Waals surface area contributed by atoms with Crippen molar-refractivity contribution in [3.8, 4) is 11.8 Å². The second-order valence-corrected chi connectivity index (χ2v) is 2.66. The summed E-state index contributed by atoms with van der Waals surface area (Å²) in [5.74, 6) is 6.61. The quantitative estimate of drug-likeness (QED) is 0.468. The maximum Gasteiger partial charge on any atom is 0.0431 e. The van der Waals surface area contributed by atoms with E-state index in [2.05, 4.69) is 25.7 Å². The van der Waals surface area contributed by atoms with Crippen LogP contribution in [-0.4, -0.2) is 11.7 Å². The zero-order valence-corrected chi connectivity index (χ0v) is 6.85. The molecule has 0 fully saturated rings. The molecule has 0 radical (unpaired) electrons. The van der Waals surface area contributed by atoms with E-state index in [1.807, 2.05) is 0 Å². The van der Waals surface area contributed by atoms with Gasteiger partial charge in [0.25, 0.3) is 0 Å². The lowest BCUT2D eigenvalue weighted by molar-refractivity contribution is 0.285. The molecule has 0 saturated heterocycles. The zero-order chi connectivity index (χ0) is 7.82. The SMILES string of the molecule is CC(C)C#CCCCCO. The van der Waals surface area contributed by atoms with Crippen molar-refractivity contribution in [3.63, 3.8) is 0 Å². The summed E-state index contributed by atoms with van der Waals surface area (Å²) in [5.41, 5.74) is 0. The molecule has 0 amide bonds. The first-order valence-electron chi connectivity index (χ1n) is 3.86. The Bertz CT molecular complexity index is 116. The molecule has 1 N–H and O–H groups in total. The summed E-state index contributed by atoms with van der Waals surface area (Å²) in [6.07, 6.45) is 2.84. The molecule has 0 aliphatic heterocycles. The number of rotatable bonds is 3. The lowest BCUT2D eigenvalue weighted by Gasteiger charge is -1.89. The molecule has 0 bridgehead atoms. The van der Waals surface area contributed by atoms with Gasteiger partial charge in [0.15, 0.2) is 0 Å². The van der Waals surface area contributed by atoms with Crippen LogP contribution in [-0.2, 0) is 0 Å². The fraction of sp³-hybridized carbons (Fsp3) is 0.778. The van der Waals surface area contributed by atoms with Crippen molar-refractivity contribution in [3.05, 3.63) is 0 Å². The lowest BCUT2D eigenvalue weighted by Crippen LogP contribution is -1.82. The molecule has 0 spiro atoms.